The van der Waals surface area contributed by atoms with Gasteiger partial charge in [-0.05, 0) is 48.0 Å². The number of rotatable bonds is 6. The van der Waals surface area contributed by atoms with Gasteiger partial charge in [-0.1, -0.05) is 24.3 Å². The number of hydrogen-bond donors (Lipinski definition) is 0. The van der Waals surface area contributed by atoms with Gasteiger partial charge in [0.1, 0.15) is 17.3 Å². The number of carbonyl (C=O) groups is 1. The van der Waals surface area contributed by atoms with E-state index < -0.39 is 0 Å². The molecule has 24 heavy (non-hydrogen) atoms. The van der Waals surface area contributed by atoms with Gasteiger partial charge in [-0.2, -0.15) is 0 Å². The molecule has 0 saturated heterocycles. The molecule has 124 valence electrons. The highest BCUT2D eigenvalue weighted by molar-refractivity contribution is 5.77. The van der Waals surface area contributed by atoms with Crippen molar-refractivity contribution >= 4 is 17.8 Å². The average Bonchev–Trinajstić information content (AvgIpc) is 2.61. The van der Waals surface area contributed by atoms with Gasteiger partial charge in [0, 0.05) is 12.5 Å². The van der Waals surface area contributed by atoms with Crippen LogP contribution in [0.15, 0.2) is 60.7 Å². The topological polar surface area (TPSA) is 44.8 Å². The van der Waals surface area contributed by atoms with Gasteiger partial charge >= 0.3 is 5.97 Å². The lowest BCUT2D eigenvalue weighted by Crippen LogP contribution is -1.98. The Labute approximate surface area is 142 Å². The molecular weight excluding hydrogens is 304 g/mol. The zero-order chi connectivity index (χ0) is 17.4. The Balaban J connectivity index is 2.20. The molecule has 0 radical (unpaired) electrons. The molecule has 0 saturated carbocycles. The summed E-state index contributed by atoms with van der Waals surface area (Å²) < 4.78 is 15.6. The van der Waals surface area contributed by atoms with Crippen molar-refractivity contribution in [1.82, 2.24) is 0 Å². The number of allylic oxidation sites excluding steroid dienone is 2. The molecule has 0 aromatic heterocycles. The second kappa shape index (κ2) is 8.58. The second-order valence-corrected chi connectivity index (χ2v) is 4.99. The van der Waals surface area contributed by atoms with Crippen LogP contribution < -0.4 is 9.47 Å². The van der Waals surface area contributed by atoms with Crippen LogP contribution >= 0.6 is 0 Å². The Hall–Kier alpha value is -3.01. The van der Waals surface area contributed by atoms with Gasteiger partial charge < -0.3 is 14.2 Å². The van der Waals surface area contributed by atoms with E-state index in [0.29, 0.717) is 5.76 Å². The van der Waals surface area contributed by atoms with Gasteiger partial charge in [0.2, 0.25) is 0 Å². The molecule has 2 aromatic carbocycles. The zero-order valence-electron chi connectivity index (χ0n) is 14.0. The molecule has 0 atom stereocenters. The Morgan fingerprint density at radius 1 is 0.875 bits per heavy atom. The van der Waals surface area contributed by atoms with E-state index in [1.54, 1.807) is 20.3 Å². The van der Waals surface area contributed by atoms with E-state index >= 15 is 0 Å². The van der Waals surface area contributed by atoms with Crippen LogP contribution in [0.4, 0.5) is 0 Å². The van der Waals surface area contributed by atoms with Gasteiger partial charge in [-0.25, -0.2) is 0 Å². The van der Waals surface area contributed by atoms with E-state index in [9.17, 15) is 4.79 Å². The first-order chi connectivity index (χ1) is 11.6. The Morgan fingerprint density at radius 3 is 1.92 bits per heavy atom. The van der Waals surface area contributed by atoms with Crippen LogP contribution in [0.2, 0.25) is 0 Å². The summed E-state index contributed by atoms with van der Waals surface area (Å²) in [5, 5.41) is 0. The molecule has 0 bridgehead atoms. The third-order valence-electron chi connectivity index (χ3n) is 3.28. The van der Waals surface area contributed by atoms with Crippen LogP contribution in [0.5, 0.6) is 11.5 Å². The van der Waals surface area contributed by atoms with Crippen LogP contribution in [-0.4, -0.2) is 20.2 Å². The highest BCUT2D eigenvalue weighted by Crippen LogP contribution is 2.20. The first-order valence-electron chi connectivity index (χ1n) is 7.47. The summed E-state index contributed by atoms with van der Waals surface area (Å²) in [7, 11) is 3.24. The fraction of sp³-hybridized carbons (Fsp3) is 0.150. The maximum atomic E-state index is 11.3. The van der Waals surface area contributed by atoms with Gasteiger partial charge in [0.05, 0.1) is 14.2 Å². The van der Waals surface area contributed by atoms with Gasteiger partial charge in [0.25, 0.3) is 0 Å². The largest absolute Gasteiger partial charge is 0.497 e. The average molecular weight is 324 g/mol. The fourth-order valence-corrected chi connectivity index (χ4v) is 2.06. The maximum absolute atomic E-state index is 11.3. The maximum Gasteiger partial charge on any atom is 0.308 e. The molecule has 0 spiro atoms. The SMILES string of the molecule is COc1ccc(/C=C/C=C(/OC(C)=O)c2ccc(OC)cc2)cc1. The van der Waals surface area contributed by atoms with Crippen molar-refractivity contribution in [3.8, 4) is 11.5 Å². The van der Waals surface area contributed by atoms with Crippen molar-refractivity contribution in [2.75, 3.05) is 14.2 Å². The third kappa shape index (κ3) is 5.02. The third-order valence-corrected chi connectivity index (χ3v) is 3.28. The lowest BCUT2D eigenvalue weighted by Gasteiger charge is -2.07. The molecule has 2 rings (SSSR count). The quantitative estimate of drug-likeness (QED) is 0.451. The number of esters is 1. The minimum atomic E-state index is -0.366. The van der Waals surface area contributed by atoms with Crippen molar-refractivity contribution in [2.24, 2.45) is 0 Å². The van der Waals surface area contributed by atoms with E-state index in [-0.39, 0.29) is 5.97 Å². The molecule has 4 heteroatoms. The van der Waals surface area contributed by atoms with Crippen molar-refractivity contribution in [3.63, 3.8) is 0 Å². The molecule has 2 aromatic rings. The van der Waals surface area contributed by atoms with E-state index in [1.165, 1.54) is 6.92 Å². The highest BCUT2D eigenvalue weighted by Gasteiger charge is 2.05. The minimum Gasteiger partial charge on any atom is -0.497 e. The molecule has 0 amide bonds. The van der Waals surface area contributed by atoms with Crippen molar-refractivity contribution in [2.45, 2.75) is 6.92 Å². The first kappa shape index (κ1) is 17.3. The van der Waals surface area contributed by atoms with Crippen molar-refractivity contribution in [3.05, 3.63) is 71.8 Å². The summed E-state index contributed by atoms with van der Waals surface area (Å²) in [5.41, 5.74) is 1.81. The predicted octanol–water partition coefficient (Wildman–Crippen LogP) is 4.32. The van der Waals surface area contributed by atoms with E-state index in [1.807, 2.05) is 60.7 Å². The number of benzene rings is 2. The Kier molecular flexibility index (Phi) is 6.20. The van der Waals surface area contributed by atoms with Crippen LogP contribution in [0.1, 0.15) is 18.1 Å². The van der Waals surface area contributed by atoms with Crippen LogP contribution in [0.25, 0.3) is 11.8 Å². The first-order valence-corrected chi connectivity index (χ1v) is 7.47. The predicted molar refractivity (Wildman–Crippen MR) is 94.8 cm³/mol. The standard InChI is InChI=1S/C20H20O4/c1-15(21)24-20(17-9-13-19(23-3)14-10-17)6-4-5-16-7-11-18(22-2)12-8-16/h4-14H,1-3H3/b5-4+,20-6+. The molecule has 0 unspecified atom stereocenters. The van der Waals surface area contributed by atoms with Gasteiger partial charge in [0.15, 0.2) is 0 Å². The molecular formula is C20H20O4. The van der Waals surface area contributed by atoms with E-state index in [4.69, 9.17) is 14.2 Å². The summed E-state index contributed by atoms with van der Waals surface area (Å²) in [5.74, 6) is 1.67. The Morgan fingerprint density at radius 2 is 1.42 bits per heavy atom. The highest BCUT2D eigenvalue weighted by atomic mass is 16.5. The summed E-state index contributed by atoms with van der Waals surface area (Å²) in [4.78, 5) is 11.3. The van der Waals surface area contributed by atoms with E-state index in [0.717, 1.165) is 22.6 Å². The normalized spacial score (nSPS) is 11.4. The molecule has 0 aliphatic rings. The summed E-state index contributed by atoms with van der Waals surface area (Å²) in [6.45, 7) is 1.38. The summed E-state index contributed by atoms with van der Waals surface area (Å²) in [6.07, 6.45) is 5.52. The molecule has 0 N–H and O–H groups in total. The second-order valence-electron chi connectivity index (χ2n) is 4.99. The summed E-state index contributed by atoms with van der Waals surface area (Å²) in [6, 6.07) is 15.0. The van der Waals surface area contributed by atoms with Crippen molar-refractivity contribution in [1.29, 1.82) is 0 Å². The monoisotopic (exact) mass is 324 g/mol. The van der Waals surface area contributed by atoms with Gasteiger partial charge in [-0.3, -0.25) is 4.79 Å². The van der Waals surface area contributed by atoms with E-state index in [2.05, 4.69) is 0 Å². The Bertz CT molecular complexity index is 725. The van der Waals surface area contributed by atoms with Crippen LogP contribution in [0, 0.1) is 0 Å². The molecule has 0 heterocycles. The van der Waals surface area contributed by atoms with Crippen LogP contribution in [0.3, 0.4) is 0 Å². The smallest absolute Gasteiger partial charge is 0.308 e. The van der Waals surface area contributed by atoms with Gasteiger partial charge in [-0.15, -0.1) is 0 Å². The lowest BCUT2D eigenvalue weighted by atomic mass is 10.1. The number of carbonyl (C=O) groups excluding carboxylic acids is 1. The summed E-state index contributed by atoms with van der Waals surface area (Å²) >= 11 is 0. The number of ether oxygens (including phenoxy) is 3. The molecule has 0 fully saturated rings. The molecule has 0 aliphatic carbocycles. The zero-order valence-corrected chi connectivity index (χ0v) is 14.0. The van der Waals surface area contributed by atoms with Crippen molar-refractivity contribution < 1.29 is 19.0 Å². The lowest BCUT2D eigenvalue weighted by molar-refractivity contribution is -0.134. The van der Waals surface area contributed by atoms with Crippen LogP contribution in [-0.2, 0) is 9.53 Å². The number of hydrogen-bond acceptors (Lipinski definition) is 4. The molecule has 0 aliphatic heterocycles. The fourth-order valence-electron chi connectivity index (χ4n) is 2.06. The minimum absolute atomic E-state index is 0.366. The molecule has 4 nitrogen and oxygen atoms in total. The number of methoxy groups -OCH3 is 2.